The van der Waals surface area contributed by atoms with Gasteiger partial charge in [0.1, 0.15) is 11.0 Å². The van der Waals surface area contributed by atoms with E-state index in [4.69, 9.17) is 14.0 Å². The van der Waals surface area contributed by atoms with Crippen LogP contribution < -0.4 is 0 Å². The van der Waals surface area contributed by atoms with E-state index in [0.29, 0.717) is 6.54 Å². The van der Waals surface area contributed by atoms with Crippen molar-refractivity contribution in [1.82, 2.24) is 4.90 Å². The third kappa shape index (κ3) is 6.05. The van der Waals surface area contributed by atoms with Crippen LogP contribution in [0.3, 0.4) is 0 Å². The topological polar surface area (TPSA) is 48.0 Å². The van der Waals surface area contributed by atoms with Crippen LogP contribution in [0.15, 0.2) is 30.3 Å². The molecule has 31 heavy (non-hydrogen) atoms. The highest BCUT2D eigenvalue weighted by molar-refractivity contribution is 9.09. The number of benzene rings is 1. The van der Waals surface area contributed by atoms with Crippen molar-refractivity contribution in [2.75, 3.05) is 11.9 Å². The molecule has 0 N–H and O–H groups in total. The fourth-order valence-corrected chi connectivity index (χ4v) is 4.04. The van der Waals surface area contributed by atoms with Crippen LogP contribution in [0.1, 0.15) is 80.2 Å². The Morgan fingerprint density at radius 1 is 1.00 bits per heavy atom. The van der Waals surface area contributed by atoms with Crippen LogP contribution in [0.4, 0.5) is 4.79 Å². The van der Waals surface area contributed by atoms with Crippen molar-refractivity contribution in [2.45, 2.75) is 96.9 Å². The summed E-state index contributed by atoms with van der Waals surface area (Å²) in [5, 5.41) is 0.951. The highest BCUT2D eigenvalue weighted by Crippen LogP contribution is 2.45. The monoisotopic (exact) mass is 495 g/mol. The molecular formula is C24H39BBrNO4. The van der Waals surface area contributed by atoms with Gasteiger partial charge >= 0.3 is 13.2 Å². The average molecular weight is 496 g/mol. The lowest BCUT2D eigenvalue weighted by Crippen LogP contribution is -2.59. The fraction of sp³-hybridized carbons (Fsp3) is 0.708. The summed E-state index contributed by atoms with van der Waals surface area (Å²) < 4.78 is 18.8. The number of alkyl halides is 1. The standard InChI is InChI=1S/C24H39BBrNO4/c1-21(2,3)29-20(28)27(18-14-10-13-17-26)24(8,19-15-11-9-12-16-19)25-30-22(4,5)23(6,7)31-25/h9,11-12,15-16H,10,13-14,17-18H2,1-8H3/t24-/m1/s1. The molecule has 0 unspecified atom stereocenters. The van der Waals surface area contributed by atoms with Gasteiger partial charge in [-0.05, 0) is 73.8 Å². The molecule has 1 amide bonds. The molecule has 1 aromatic rings. The third-order valence-corrected chi connectivity index (χ3v) is 6.82. The first kappa shape index (κ1) is 26.2. The fourth-order valence-electron chi connectivity index (χ4n) is 3.64. The minimum atomic E-state index is -0.858. The SMILES string of the molecule is CC(C)(C)OC(=O)N(CCCCCBr)[C@@](C)(B1OC(C)(C)C(C)(C)O1)c1ccccc1. The molecule has 1 aliphatic heterocycles. The van der Waals surface area contributed by atoms with Crippen LogP contribution in [0.5, 0.6) is 0 Å². The Morgan fingerprint density at radius 2 is 1.55 bits per heavy atom. The Bertz CT molecular complexity index is 719. The normalized spacial score (nSPS) is 19.7. The summed E-state index contributed by atoms with van der Waals surface area (Å²) in [5.41, 5.74) is -1.52. The van der Waals surface area contributed by atoms with Crippen molar-refractivity contribution >= 4 is 29.1 Å². The van der Waals surface area contributed by atoms with Crippen molar-refractivity contribution in [3.63, 3.8) is 0 Å². The molecule has 1 saturated heterocycles. The van der Waals surface area contributed by atoms with Crippen molar-refractivity contribution in [3.05, 3.63) is 35.9 Å². The van der Waals surface area contributed by atoms with Gasteiger partial charge in [-0.15, -0.1) is 0 Å². The van der Waals surface area contributed by atoms with Gasteiger partial charge in [0.2, 0.25) is 0 Å². The van der Waals surface area contributed by atoms with Crippen LogP contribution in [0.2, 0.25) is 0 Å². The number of carbonyl (C=O) groups is 1. The number of amides is 1. The molecule has 1 aliphatic rings. The van der Waals surface area contributed by atoms with Crippen LogP contribution >= 0.6 is 15.9 Å². The lowest BCUT2D eigenvalue weighted by Gasteiger charge is -2.43. The maximum atomic E-state index is 13.5. The molecule has 1 atom stereocenters. The highest BCUT2D eigenvalue weighted by Gasteiger charge is 2.61. The summed E-state index contributed by atoms with van der Waals surface area (Å²) >= 11 is 3.50. The summed E-state index contributed by atoms with van der Waals surface area (Å²) in [6, 6.07) is 10.00. The number of unbranched alkanes of at least 4 members (excludes halogenated alkanes) is 2. The first-order valence-electron chi connectivity index (χ1n) is 11.2. The Labute approximate surface area is 197 Å². The van der Waals surface area contributed by atoms with Gasteiger partial charge in [0.15, 0.2) is 0 Å². The molecule has 2 rings (SSSR count). The van der Waals surface area contributed by atoms with Crippen LogP contribution in [-0.4, -0.2) is 46.8 Å². The van der Waals surface area contributed by atoms with E-state index in [-0.39, 0.29) is 6.09 Å². The Balaban J connectivity index is 2.52. The molecule has 1 aromatic carbocycles. The number of hydrogen-bond acceptors (Lipinski definition) is 4. The molecule has 1 fully saturated rings. The predicted octanol–water partition coefficient (Wildman–Crippen LogP) is 6.34. The van der Waals surface area contributed by atoms with E-state index in [1.807, 2.05) is 90.6 Å². The average Bonchev–Trinajstić information content (AvgIpc) is 2.88. The van der Waals surface area contributed by atoms with Gasteiger partial charge in [0.25, 0.3) is 0 Å². The minimum Gasteiger partial charge on any atom is -0.444 e. The van der Waals surface area contributed by atoms with Crippen LogP contribution in [-0.2, 0) is 19.5 Å². The summed E-state index contributed by atoms with van der Waals surface area (Å²) in [6.45, 7) is 16.4. The largest absolute Gasteiger partial charge is 0.490 e. The second kappa shape index (κ2) is 9.84. The van der Waals surface area contributed by atoms with Crippen molar-refractivity contribution in [3.8, 4) is 0 Å². The van der Waals surface area contributed by atoms with Gasteiger partial charge in [0, 0.05) is 11.9 Å². The number of carbonyl (C=O) groups excluding carboxylic acids is 1. The number of halogens is 1. The smallest absolute Gasteiger partial charge is 0.444 e. The lowest BCUT2D eigenvalue weighted by molar-refractivity contribution is 0.00501. The Morgan fingerprint density at radius 3 is 2.03 bits per heavy atom. The number of ether oxygens (including phenoxy) is 1. The van der Waals surface area contributed by atoms with Crippen LogP contribution in [0.25, 0.3) is 0 Å². The summed E-state index contributed by atoms with van der Waals surface area (Å²) in [7, 11) is -0.636. The molecule has 5 nitrogen and oxygen atoms in total. The predicted molar refractivity (Wildman–Crippen MR) is 130 cm³/mol. The van der Waals surface area contributed by atoms with E-state index >= 15 is 0 Å². The van der Waals surface area contributed by atoms with Crippen molar-refractivity contribution in [2.24, 2.45) is 0 Å². The molecule has 0 spiro atoms. The minimum absolute atomic E-state index is 0.354. The van der Waals surface area contributed by atoms with E-state index in [1.54, 1.807) is 0 Å². The summed E-state index contributed by atoms with van der Waals surface area (Å²) in [5.74, 6) is 0. The van der Waals surface area contributed by atoms with E-state index < -0.39 is 29.4 Å². The first-order chi connectivity index (χ1) is 14.2. The Hall–Kier alpha value is -1.05. The van der Waals surface area contributed by atoms with Gasteiger partial charge in [-0.3, -0.25) is 4.90 Å². The van der Waals surface area contributed by atoms with E-state index in [9.17, 15) is 4.79 Å². The second-order valence-corrected chi connectivity index (χ2v) is 11.3. The van der Waals surface area contributed by atoms with Gasteiger partial charge in [-0.1, -0.05) is 52.7 Å². The zero-order chi connectivity index (χ0) is 23.5. The maximum absolute atomic E-state index is 13.5. The molecular weight excluding hydrogens is 457 g/mol. The summed E-state index contributed by atoms with van der Waals surface area (Å²) in [4.78, 5) is 15.3. The molecule has 0 aliphatic carbocycles. The highest BCUT2D eigenvalue weighted by atomic mass is 79.9. The molecule has 0 saturated carbocycles. The zero-order valence-electron chi connectivity index (χ0n) is 20.5. The van der Waals surface area contributed by atoms with Crippen molar-refractivity contribution < 1.29 is 18.8 Å². The quantitative estimate of drug-likeness (QED) is 0.240. The van der Waals surface area contributed by atoms with Gasteiger partial charge in [-0.25, -0.2) is 4.79 Å². The molecule has 0 bridgehead atoms. The molecule has 1 heterocycles. The molecule has 7 heteroatoms. The van der Waals surface area contributed by atoms with Gasteiger partial charge < -0.3 is 14.0 Å². The lowest BCUT2D eigenvalue weighted by atomic mass is 9.60. The first-order valence-corrected chi connectivity index (χ1v) is 12.3. The van der Waals surface area contributed by atoms with E-state index in [1.165, 1.54) is 0 Å². The maximum Gasteiger partial charge on any atom is 0.490 e. The Kier molecular flexibility index (Phi) is 8.32. The van der Waals surface area contributed by atoms with Gasteiger partial charge in [-0.2, -0.15) is 0 Å². The third-order valence-electron chi connectivity index (χ3n) is 6.26. The van der Waals surface area contributed by atoms with E-state index in [2.05, 4.69) is 15.9 Å². The second-order valence-electron chi connectivity index (χ2n) is 10.5. The van der Waals surface area contributed by atoms with Crippen LogP contribution in [0, 0.1) is 0 Å². The summed E-state index contributed by atoms with van der Waals surface area (Å²) in [6.07, 6.45) is 2.58. The number of nitrogens with zero attached hydrogens (tertiary/aromatic N) is 1. The van der Waals surface area contributed by atoms with E-state index in [0.717, 1.165) is 30.2 Å². The number of hydrogen-bond donors (Lipinski definition) is 0. The zero-order valence-corrected chi connectivity index (χ0v) is 22.0. The number of rotatable bonds is 8. The van der Waals surface area contributed by atoms with Crippen molar-refractivity contribution in [1.29, 1.82) is 0 Å². The molecule has 0 radical (unpaired) electrons. The van der Waals surface area contributed by atoms with Gasteiger partial charge in [0.05, 0.1) is 11.2 Å². The molecule has 174 valence electrons. The molecule has 0 aromatic heterocycles.